The third-order valence-electron chi connectivity index (χ3n) is 5.43. The van der Waals surface area contributed by atoms with Crippen LogP contribution in [-0.4, -0.2) is 64.4 Å². The number of nitrogens with zero attached hydrogens (tertiary/aromatic N) is 4. The molecule has 0 spiro atoms. The van der Waals surface area contributed by atoms with E-state index < -0.39 is 0 Å². The number of piperazine rings is 1. The molecule has 0 saturated carbocycles. The average molecular weight is 431 g/mol. The van der Waals surface area contributed by atoms with E-state index in [1.807, 2.05) is 47.4 Å². The first kappa shape index (κ1) is 21.5. The zero-order valence-electron chi connectivity index (χ0n) is 17.9. The van der Waals surface area contributed by atoms with Crippen molar-refractivity contribution < 1.29 is 14.3 Å². The van der Waals surface area contributed by atoms with Crippen molar-refractivity contribution in [2.45, 2.75) is 12.8 Å². The van der Waals surface area contributed by atoms with E-state index >= 15 is 0 Å². The maximum Gasteiger partial charge on any atom is 0.254 e. The van der Waals surface area contributed by atoms with Gasteiger partial charge in [0.1, 0.15) is 5.75 Å². The number of pyridine rings is 2. The number of carbonyl (C=O) groups is 2. The maximum absolute atomic E-state index is 13.0. The molecule has 1 saturated heterocycles. The Hall–Kier alpha value is -3.74. The van der Waals surface area contributed by atoms with Crippen molar-refractivity contribution in [2.24, 2.45) is 0 Å². The molecule has 2 aromatic heterocycles. The molecular formula is C25H26N4O3. The first-order valence-electron chi connectivity index (χ1n) is 10.8. The average Bonchev–Trinajstić information content (AvgIpc) is 2.85. The number of benzene rings is 1. The fourth-order valence-corrected chi connectivity index (χ4v) is 3.67. The minimum atomic E-state index is -0.0421. The van der Waals surface area contributed by atoms with Gasteiger partial charge in [-0.25, -0.2) is 0 Å². The molecule has 0 N–H and O–H groups in total. The summed E-state index contributed by atoms with van der Waals surface area (Å²) in [6.07, 6.45) is 6.20. The summed E-state index contributed by atoms with van der Waals surface area (Å²) in [5.41, 5.74) is 2.46. The summed E-state index contributed by atoms with van der Waals surface area (Å²) in [5, 5.41) is 0. The summed E-state index contributed by atoms with van der Waals surface area (Å²) in [6, 6.07) is 16.8. The topological polar surface area (TPSA) is 75.6 Å². The predicted molar refractivity (Wildman–Crippen MR) is 120 cm³/mol. The predicted octanol–water partition coefficient (Wildman–Crippen LogP) is 2.63. The van der Waals surface area contributed by atoms with Crippen molar-refractivity contribution in [3.05, 3.63) is 90.0 Å². The lowest BCUT2D eigenvalue weighted by Gasteiger charge is -2.35. The van der Waals surface area contributed by atoms with Crippen LogP contribution in [0.5, 0.6) is 5.75 Å². The summed E-state index contributed by atoms with van der Waals surface area (Å²) in [7, 11) is 0. The van der Waals surface area contributed by atoms with E-state index in [1.54, 1.807) is 35.6 Å². The van der Waals surface area contributed by atoms with E-state index in [1.165, 1.54) is 0 Å². The molecule has 0 bridgehead atoms. The third kappa shape index (κ3) is 5.69. The van der Waals surface area contributed by atoms with E-state index in [0.29, 0.717) is 56.9 Å². The van der Waals surface area contributed by atoms with Crippen molar-refractivity contribution in [1.29, 1.82) is 0 Å². The second-order valence-corrected chi connectivity index (χ2v) is 7.66. The van der Waals surface area contributed by atoms with Gasteiger partial charge in [0.2, 0.25) is 5.91 Å². The van der Waals surface area contributed by atoms with Gasteiger partial charge in [-0.15, -0.1) is 0 Å². The van der Waals surface area contributed by atoms with E-state index in [4.69, 9.17) is 4.74 Å². The Morgan fingerprint density at radius 2 is 1.75 bits per heavy atom. The molecule has 32 heavy (non-hydrogen) atoms. The van der Waals surface area contributed by atoms with Crippen LogP contribution in [0.2, 0.25) is 0 Å². The lowest BCUT2D eigenvalue weighted by Crippen LogP contribution is -2.51. The van der Waals surface area contributed by atoms with Crippen LogP contribution in [0.4, 0.5) is 0 Å². The second kappa shape index (κ2) is 10.5. The molecule has 0 atom stereocenters. The lowest BCUT2D eigenvalue weighted by atomic mass is 10.1. The Balaban J connectivity index is 1.27. The molecule has 3 aromatic rings. The van der Waals surface area contributed by atoms with E-state index in [-0.39, 0.29) is 11.8 Å². The van der Waals surface area contributed by atoms with E-state index in [0.717, 1.165) is 11.3 Å². The van der Waals surface area contributed by atoms with Crippen LogP contribution in [0.25, 0.3) is 0 Å². The Morgan fingerprint density at radius 3 is 2.50 bits per heavy atom. The largest absolute Gasteiger partial charge is 0.493 e. The van der Waals surface area contributed by atoms with Crippen LogP contribution in [0, 0.1) is 0 Å². The van der Waals surface area contributed by atoms with E-state index in [2.05, 4.69) is 9.97 Å². The van der Waals surface area contributed by atoms with Crippen LogP contribution in [0.15, 0.2) is 73.2 Å². The fourth-order valence-electron chi connectivity index (χ4n) is 3.67. The van der Waals surface area contributed by atoms with Gasteiger partial charge in [-0.1, -0.05) is 18.2 Å². The van der Waals surface area contributed by atoms with Gasteiger partial charge in [0, 0.05) is 62.4 Å². The van der Waals surface area contributed by atoms with Crippen LogP contribution < -0.4 is 4.74 Å². The van der Waals surface area contributed by atoms with Gasteiger partial charge in [0.25, 0.3) is 5.91 Å². The Kier molecular flexibility index (Phi) is 7.07. The summed E-state index contributed by atoms with van der Waals surface area (Å²) in [6.45, 7) is 2.59. The SMILES string of the molecule is O=C(Cc1cccnc1)N1CCN(C(=O)c2cccc(OCCc3ccccn3)c2)CC1. The van der Waals surface area contributed by atoms with E-state index in [9.17, 15) is 9.59 Å². The minimum absolute atomic E-state index is 0.0421. The minimum Gasteiger partial charge on any atom is -0.493 e. The number of rotatable bonds is 7. The third-order valence-corrected chi connectivity index (χ3v) is 5.43. The standard InChI is InChI=1S/C25H26N4O3/c30-24(17-20-5-4-10-26-19-20)28-12-14-29(15-13-28)25(31)21-6-3-8-23(18-21)32-16-9-22-7-1-2-11-27-22/h1-8,10-11,18-19H,9,12-17H2. The summed E-state index contributed by atoms with van der Waals surface area (Å²) < 4.78 is 5.82. The monoisotopic (exact) mass is 430 g/mol. The van der Waals surface area contributed by atoms with Crippen molar-refractivity contribution in [3.63, 3.8) is 0 Å². The Bertz CT molecular complexity index is 1040. The fraction of sp³-hybridized carbons (Fsp3) is 0.280. The van der Waals surface area contributed by atoms with Gasteiger partial charge < -0.3 is 14.5 Å². The number of aromatic nitrogens is 2. The first-order chi connectivity index (χ1) is 15.7. The molecule has 2 amide bonds. The van der Waals surface area contributed by atoms with Gasteiger partial charge >= 0.3 is 0 Å². The van der Waals surface area contributed by atoms with Gasteiger partial charge in [-0.3, -0.25) is 19.6 Å². The molecule has 7 nitrogen and oxygen atoms in total. The van der Waals surface area contributed by atoms with Crippen molar-refractivity contribution in [2.75, 3.05) is 32.8 Å². The quantitative estimate of drug-likeness (QED) is 0.576. The molecule has 164 valence electrons. The summed E-state index contributed by atoms with van der Waals surface area (Å²) in [4.78, 5) is 37.4. The van der Waals surface area contributed by atoms with Gasteiger partial charge in [-0.05, 0) is 42.0 Å². The molecule has 0 radical (unpaired) electrons. The molecule has 1 aliphatic heterocycles. The zero-order valence-corrected chi connectivity index (χ0v) is 17.9. The molecule has 1 fully saturated rings. The maximum atomic E-state index is 13.0. The molecule has 4 rings (SSSR count). The summed E-state index contributed by atoms with van der Waals surface area (Å²) >= 11 is 0. The Morgan fingerprint density at radius 1 is 0.906 bits per heavy atom. The van der Waals surface area contributed by atoms with Crippen molar-refractivity contribution in [1.82, 2.24) is 19.8 Å². The summed E-state index contributed by atoms with van der Waals surface area (Å²) in [5.74, 6) is 0.685. The Labute approximate surface area is 187 Å². The number of amides is 2. The number of hydrogen-bond donors (Lipinski definition) is 0. The number of carbonyl (C=O) groups excluding carboxylic acids is 2. The molecule has 1 aliphatic rings. The second-order valence-electron chi connectivity index (χ2n) is 7.66. The van der Waals surface area contributed by atoms with Crippen LogP contribution in [-0.2, 0) is 17.6 Å². The molecule has 0 aliphatic carbocycles. The zero-order chi connectivity index (χ0) is 22.2. The van der Waals surface area contributed by atoms with Gasteiger partial charge in [-0.2, -0.15) is 0 Å². The normalized spacial score (nSPS) is 13.6. The highest BCUT2D eigenvalue weighted by molar-refractivity contribution is 5.94. The highest BCUT2D eigenvalue weighted by Gasteiger charge is 2.25. The lowest BCUT2D eigenvalue weighted by molar-refractivity contribution is -0.131. The number of ether oxygens (including phenoxy) is 1. The molecular weight excluding hydrogens is 404 g/mol. The highest BCUT2D eigenvalue weighted by Crippen LogP contribution is 2.17. The first-order valence-corrected chi connectivity index (χ1v) is 10.8. The molecule has 3 heterocycles. The smallest absolute Gasteiger partial charge is 0.254 e. The van der Waals surface area contributed by atoms with Gasteiger partial charge in [0.05, 0.1) is 13.0 Å². The highest BCUT2D eigenvalue weighted by atomic mass is 16.5. The van der Waals surface area contributed by atoms with Crippen LogP contribution in [0.3, 0.4) is 0 Å². The molecule has 1 aromatic carbocycles. The van der Waals surface area contributed by atoms with Crippen molar-refractivity contribution in [3.8, 4) is 5.75 Å². The van der Waals surface area contributed by atoms with Crippen LogP contribution in [0.1, 0.15) is 21.6 Å². The van der Waals surface area contributed by atoms with Gasteiger partial charge in [0.15, 0.2) is 0 Å². The molecule has 7 heteroatoms. The number of hydrogen-bond acceptors (Lipinski definition) is 5. The van der Waals surface area contributed by atoms with Crippen molar-refractivity contribution >= 4 is 11.8 Å². The van der Waals surface area contributed by atoms with Crippen LogP contribution >= 0.6 is 0 Å². The molecule has 0 unspecified atom stereocenters.